The minimum Gasteiger partial charge on any atom is -0.455 e. The molecule has 6 aliphatic rings. The van der Waals surface area contributed by atoms with Gasteiger partial charge in [0.1, 0.15) is 17.8 Å². The number of carbonyl (C=O) groups excluding carboxylic acids is 1. The molecule has 1 spiro atoms. The number of benzene rings is 1. The Labute approximate surface area is 265 Å². The molecule has 3 N–H and O–H groups in total. The third-order valence-electron chi connectivity index (χ3n) is 13.2. The number of methoxy groups -OCH3 is 4. The Kier molecular flexibility index (Phi) is 7.75. The number of hydrogen-bond acceptors (Lipinski definition) is 11. The van der Waals surface area contributed by atoms with Crippen LogP contribution in [0.2, 0.25) is 0 Å². The molecular formula is C34H49NO10. The van der Waals surface area contributed by atoms with E-state index >= 15 is 0 Å². The van der Waals surface area contributed by atoms with E-state index in [0.29, 0.717) is 26.1 Å². The molecule has 7 rings (SSSR count). The lowest BCUT2D eigenvalue weighted by atomic mass is 9.42. The number of hydrogen-bond donors (Lipinski definition) is 3. The van der Waals surface area contributed by atoms with Gasteiger partial charge in [-0.3, -0.25) is 9.69 Å². The summed E-state index contributed by atoms with van der Waals surface area (Å²) in [6, 6.07) is 9.50. The standard InChI is InChI=1S/C34H49NO10/c1-7-35-16-31(17-40-3)21(37)13-22(41-4)33-20-14-32(39)29(44-15-19-11-9-8-10-12-19)23(20)34(45-18(2)36,28(38)30(32)43-6)24(27(33)35)25(42-5)26(31)33/h8-12,20-30,37-39H,7,13-17H2,1-6H3. The molecular weight excluding hydrogens is 582 g/mol. The highest BCUT2D eigenvalue weighted by Crippen LogP contribution is 2.80. The maximum absolute atomic E-state index is 13.2. The Morgan fingerprint density at radius 1 is 1.02 bits per heavy atom. The SMILES string of the molecule is CCN1CC2(COC)C(O)CC(OC)C34C5CC6(O)C(OC)C(O)C(OC(C)=O)(C5C6OCc5ccccc5)C(C(OC)C23)C14. The van der Waals surface area contributed by atoms with Crippen molar-refractivity contribution < 1.29 is 48.5 Å². The molecule has 1 saturated heterocycles. The molecule has 0 radical (unpaired) electrons. The van der Waals surface area contributed by atoms with Crippen molar-refractivity contribution in [2.45, 2.75) is 87.2 Å². The van der Waals surface area contributed by atoms with Gasteiger partial charge in [0, 0.05) is 83.0 Å². The maximum atomic E-state index is 13.2. The van der Waals surface area contributed by atoms with Crippen molar-refractivity contribution in [1.29, 1.82) is 0 Å². The lowest BCUT2D eigenvalue weighted by Crippen LogP contribution is -2.81. The fourth-order valence-corrected chi connectivity index (χ4v) is 12.4. The fourth-order valence-electron chi connectivity index (χ4n) is 12.4. The van der Waals surface area contributed by atoms with Crippen molar-refractivity contribution in [2.75, 3.05) is 48.1 Å². The second kappa shape index (κ2) is 10.9. The Morgan fingerprint density at radius 2 is 1.76 bits per heavy atom. The molecule has 1 aliphatic heterocycles. The normalized spacial score (nSPS) is 50.9. The summed E-state index contributed by atoms with van der Waals surface area (Å²) in [6.45, 7) is 5.18. The number of nitrogens with zero attached hydrogens (tertiary/aromatic N) is 1. The van der Waals surface area contributed by atoms with Crippen LogP contribution in [0, 0.1) is 34.5 Å². The van der Waals surface area contributed by atoms with Crippen LogP contribution in [0.15, 0.2) is 30.3 Å². The van der Waals surface area contributed by atoms with Crippen molar-refractivity contribution in [2.24, 2.45) is 34.5 Å². The van der Waals surface area contributed by atoms with Gasteiger partial charge in [0.25, 0.3) is 0 Å². The lowest BCUT2D eigenvalue weighted by molar-refractivity contribution is -0.328. The maximum Gasteiger partial charge on any atom is 0.303 e. The van der Waals surface area contributed by atoms with Crippen LogP contribution in [0.1, 0.15) is 32.3 Å². The smallest absolute Gasteiger partial charge is 0.303 e. The molecule has 7 bridgehead atoms. The summed E-state index contributed by atoms with van der Waals surface area (Å²) in [5.41, 5.74) is -3.55. The van der Waals surface area contributed by atoms with Crippen LogP contribution in [-0.2, 0) is 39.8 Å². The minimum absolute atomic E-state index is 0.221. The van der Waals surface area contributed by atoms with Gasteiger partial charge in [-0.05, 0) is 24.4 Å². The van der Waals surface area contributed by atoms with Gasteiger partial charge < -0.3 is 43.7 Å². The Balaban J connectivity index is 1.51. The first-order valence-electron chi connectivity index (χ1n) is 16.3. The fraction of sp³-hybridized carbons (Fsp3) is 0.794. The summed E-state index contributed by atoms with van der Waals surface area (Å²) < 4.78 is 38.1. The van der Waals surface area contributed by atoms with Gasteiger partial charge in [-0.15, -0.1) is 0 Å². The molecule has 11 heteroatoms. The highest BCUT2D eigenvalue weighted by molar-refractivity contribution is 5.67. The summed E-state index contributed by atoms with van der Waals surface area (Å²) in [6.07, 6.45) is -4.36. The Bertz CT molecular complexity index is 1280. The molecule has 11 nitrogen and oxygen atoms in total. The van der Waals surface area contributed by atoms with Crippen LogP contribution in [-0.4, -0.2) is 128 Å². The first kappa shape index (κ1) is 31.9. The van der Waals surface area contributed by atoms with E-state index in [9.17, 15) is 20.1 Å². The van der Waals surface area contributed by atoms with Crippen molar-refractivity contribution >= 4 is 5.97 Å². The third-order valence-corrected chi connectivity index (χ3v) is 13.2. The Hall–Kier alpha value is -1.67. The minimum atomic E-state index is -1.59. The second-order valence-electron chi connectivity index (χ2n) is 14.4. The molecule has 5 aliphatic carbocycles. The van der Waals surface area contributed by atoms with E-state index in [1.165, 1.54) is 14.0 Å². The van der Waals surface area contributed by atoms with E-state index in [2.05, 4.69) is 11.8 Å². The van der Waals surface area contributed by atoms with Crippen LogP contribution in [0.4, 0.5) is 0 Å². The van der Waals surface area contributed by atoms with Crippen LogP contribution in [0.3, 0.4) is 0 Å². The number of ether oxygens (including phenoxy) is 6. The number of piperidine rings is 1. The van der Waals surface area contributed by atoms with Crippen molar-refractivity contribution in [3.63, 3.8) is 0 Å². The van der Waals surface area contributed by atoms with Crippen LogP contribution in [0.5, 0.6) is 0 Å². The summed E-state index contributed by atoms with van der Waals surface area (Å²) >= 11 is 0. The molecule has 15 unspecified atom stereocenters. The van der Waals surface area contributed by atoms with Gasteiger partial charge >= 0.3 is 5.97 Å². The number of carbonyl (C=O) groups is 1. The summed E-state index contributed by atoms with van der Waals surface area (Å²) in [7, 11) is 6.49. The van der Waals surface area contributed by atoms with E-state index in [1.54, 1.807) is 21.3 Å². The monoisotopic (exact) mass is 631 g/mol. The molecule has 6 fully saturated rings. The highest BCUT2D eigenvalue weighted by atomic mass is 16.6. The molecule has 1 aromatic rings. The average molecular weight is 632 g/mol. The summed E-state index contributed by atoms with van der Waals surface area (Å²) in [5, 5.41) is 37.3. The highest BCUT2D eigenvalue weighted by Gasteiger charge is 2.92. The Morgan fingerprint density at radius 3 is 2.36 bits per heavy atom. The molecule has 15 atom stereocenters. The zero-order valence-corrected chi connectivity index (χ0v) is 27.1. The van der Waals surface area contributed by atoms with E-state index in [1.807, 2.05) is 30.3 Å². The van der Waals surface area contributed by atoms with Crippen molar-refractivity contribution in [1.82, 2.24) is 4.90 Å². The zero-order valence-electron chi connectivity index (χ0n) is 27.1. The molecule has 250 valence electrons. The zero-order chi connectivity index (χ0) is 32.1. The van der Waals surface area contributed by atoms with Gasteiger partial charge in [0.2, 0.25) is 0 Å². The summed E-state index contributed by atoms with van der Waals surface area (Å²) in [4.78, 5) is 15.6. The van der Waals surface area contributed by atoms with E-state index in [0.717, 1.165) is 5.56 Å². The predicted octanol–water partition coefficient (Wildman–Crippen LogP) is 1.01. The quantitative estimate of drug-likeness (QED) is 0.319. The molecule has 1 heterocycles. The number of likely N-dealkylation sites (tertiary alicyclic amines) is 1. The van der Waals surface area contributed by atoms with Crippen LogP contribution < -0.4 is 0 Å². The number of fused-ring (bicyclic) bond motifs is 2. The van der Waals surface area contributed by atoms with Gasteiger partial charge in [-0.2, -0.15) is 0 Å². The van der Waals surface area contributed by atoms with Gasteiger partial charge in [-0.25, -0.2) is 0 Å². The van der Waals surface area contributed by atoms with Crippen LogP contribution in [0.25, 0.3) is 0 Å². The largest absolute Gasteiger partial charge is 0.455 e. The number of aliphatic hydroxyl groups excluding tert-OH is 2. The first-order valence-corrected chi connectivity index (χ1v) is 16.3. The van der Waals surface area contributed by atoms with Gasteiger partial charge in [0.05, 0.1) is 37.6 Å². The van der Waals surface area contributed by atoms with E-state index in [-0.39, 0.29) is 30.9 Å². The number of esters is 1. The lowest BCUT2D eigenvalue weighted by Gasteiger charge is -2.70. The third kappa shape index (κ3) is 3.70. The van der Waals surface area contributed by atoms with Crippen molar-refractivity contribution in [3.05, 3.63) is 35.9 Å². The second-order valence-corrected chi connectivity index (χ2v) is 14.4. The van der Waals surface area contributed by atoms with E-state index < -0.39 is 76.5 Å². The molecule has 0 aromatic heterocycles. The summed E-state index contributed by atoms with van der Waals surface area (Å²) in [5.74, 6) is -2.31. The van der Waals surface area contributed by atoms with Crippen molar-refractivity contribution in [3.8, 4) is 0 Å². The van der Waals surface area contributed by atoms with Gasteiger partial charge in [-0.1, -0.05) is 37.3 Å². The molecule has 0 amide bonds. The molecule has 5 saturated carbocycles. The van der Waals surface area contributed by atoms with Gasteiger partial charge in [0.15, 0.2) is 5.60 Å². The number of aliphatic hydroxyl groups is 3. The van der Waals surface area contributed by atoms with Crippen LogP contribution >= 0.6 is 0 Å². The van der Waals surface area contributed by atoms with E-state index in [4.69, 9.17) is 28.4 Å². The topological polar surface area (TPSA) is 136 Å². The average Bonchev–Trinajstić information content (AvgIpc) is 3.41. The number of rotatable bonds is 10. The molecule has 1 aromatic carbocycles. The molecule has 45 heavy (non-hydrogen) atoms. The first-order chi connectivity index (χ1) is 21.6. The predicted molar refractivity (Wildman–Crippen MR) is 160 cm³/mol.